The molecule has 0 spiro atoms. The van der Waals surface area contributed by atoms with E-state index in [2.05, 4.69) is 11.6 Å². The molecule has 1 aromatic heterocycles. The second kappa shape index (κ2) is 11.7. The van der Waals surface area contributed by atoms with Gasteiger partial charge in [-0.15, -0.1) is 0 Å². The van der Waals surface area contributed by atoms with Crippen LogP contribution in [0.1, 0.15) is 22.6 Å². The topological polar surface area (TPSA) is 57.7 Å². The van der Waals surface area contributed by atoms with Crippen molar-refractivity contribution in [3.8, 4) is 17.2 Å². The van der Waals surface area contributed by atoms with Gasteiger partial charge in [-0.05, 0) is 23.8 Å². The average Bonchev–Trinajstić information content (AvgIpc) is 2.81. The number of carbonyl (C=O) groups is 1. The highest BCUT2D eigenvalue weighted by Crippen LogP contribution is 2.46. The Morgan fingerprint density at radius 3 is 2.36 bits per heavy atom. The Labute approximate surface area is 201 Å². The maximum Gasteiger partial charge on any atom is 0.204 e. The van der Waals surface area contributed by atoms with Crippen molar-refractivity contribution in [3.63, 3.8) is 0 Å². The van der Waals surface area contributed by atoms with Crippen LogP contribution < -0.4 is 14.2 Å². The maximum atomic E-state index is 13.2. The minimum atomic E-state index is -0.842. The number of ether oxygens (including phenoxy) is 3. The summed E-state index contributed by atoms with van der Waals surface area (Å²) in [6.07, 6.45) is 5.67. The van der Waals surface area contributed by atoms with Gasteiger partial charge in [-0.2, -0.15) is 0 Å². The molecular weight excluding hydrogens is 468 g/mol. The number of hydrogen-bond acceptors (Lipinski definition) is 5. The van der Waals surface area contributed by atoms with Crippen LogP contribution in [0.4, 0.5) is 4.39 Å². The second-order valence-electron chi connectivity index (χ2n) is 6.97. The molecule has 1 atom stereocenters. The minimum absolute atomic E-state index is 0.191. The van der Waals surface area contributed by atoms with E-state index in [1.807, 2.05) is 0 Å². The summed E-state index contributed by atoms with van der Waals surface area (Å²) in [6, 6.07) is 9.54. The third-order valence-electron chi connectivity index (χ3n) is 4.89. The molecule has 0 fully saturated rings. The van der Waals surface area contributed by atoms with E-state index in [0.717, 1.165) is 11.8 Å². The molecule has 3 rings (SSSR count). The largest absolute Gasteiger partial charge is 0.493 e. The highest BCUT2D eigenvalue weighted by molar-refractivity contribution is 6.36. The van der Waals surface area contributed by atoms with Gasteiger partial charge in [0.25, 0.3) is 0 Å². The Morgan fingerprint density at radius 1 is 1.06 bits per heavy atom. The van der Waals surface area contributed by atoms with E-state index in [-0.39, 0.29) is 29.1 Å². The fourth-order valence-corrected chi connectivity index (χ4v) is 3.93. The van der Waals surface area contributed by atoms with Gasteiger partial charge in [0.05, 0.1) is 29.7 Å². The zero-order valence-corrected chi connectivity index (χ0v) is 19.4. The van der Waals surface area contributed by atoms with Crippen molar-refractivity contribution >= 4 is 29.5 Å². The van der Waals surface area contributed by atoms with Crippen LogP contribution in [-0.4, -0.2) is 31.6 Å². The van der Waals surface area contributed by atoms with Crippen LogP contribution in [0.3, 0.4) is 0 Å². The molecule has 0 N–H and O–H groups in total. The zero-order valence-electron chi connectivity index (χ0n) is 17.9. The molecule has 33 heavy (non-hydrogen) atoms. The number of nitrogens with zero attached hydrogens (tertiary/aromatic N) is 1. The lowest BCUT2D eigenvalue weighted by Crippen LogP contribution is -2.12. The predicted molar refractivity (Wildman–Crippen MR) is 126 cm³/mol. The SMILES string of the molecule is C=CCOc1c(OC)ccc(C(C=O)c2c(Cl)cncc2Cl)c1OCCc1ccc(F)cc1. The monoisotopic (exact) mass is 489 g/mol. The summed E-state index contributed by atoms with van der Waals surface area (Å²) >= 11 is 12.7. The lowest BCUT2D eigenvalue weighted by molar-refractivity contribution is -0.108. The van der Waals surface area contributed by atoms with Crippen molar-refractivity contribution in [2.75, 3.05) is 20.3 Å². The van der Waals surface area contributed by atoms with Crippen molar-refractivity contribution in [1.82, 2.24) is 4.98 Å². The number of aromatic nitrogens is 1. The van der Waals surface area contributed by atoms with Gasteiger partial charge in [0.15, 0.2) is 11.5 Å². The lowest BCUT2D eigenvalue weighted by Gasteiger charge is -2.22. The van der Waals surface area contributed by atoms with Crippen molar-refractivity contribution in [2.24, 2.45) is 0 Å². The van der Waals surface area contributed by atoms with E-state index in [4.69, 9.17) is 37.4 Å². The van der Waals surface area contributed by atoms with Gasteiger partial charge in [0.2, 0.25) is 5.75 Å². The van der Waals surface area contributed by atoms with Crippen molar-refractivity contribution < 1.29 is 23.4 Å². The van der Waals surface area contributed by atoms with E-state index < -0.39 is 5.92 Å². The van der Waals surface area contributed by atoms with Gasteiger partial charge in [-0.3, -0.25) is 4.98 Å². The Balaban J connectivity index is 2.05. The van der Waals surface area contributed by atoms with Crippen LogP contribution >= 0.6 is 23.2 Å². The van der Waals surface area contributed by atoms with E-state index in [9.17, 15) is 9.18 Å². The maximum absolute atomic E-state index is 13.2. The summed E-state index contributed by atoms with van der Waals surface area (Å²) in [7, 11) is 1.51. The fraction of sp³-hybridized carbons (Fsp3) is 0.200. The second-order valence-corrected chi connectivity index (χ2v) is 7.78. The first-order valence-corrected chi connectivity index (χ1v) is 10.8. The van der Waals surface area contributed by atoms with Gasteiger partial charge in [-0.1, -0.05) is 54.1 Å². The average molecular weight is 490 g/mol. The molecule has 1 unspecified atom stereocenters. The van der Waals surface area contributed by atoms with Gasteiger partial charge < -0.3 is 19.0 Å². The third-order valence-corrected chi connectivity index (χ3v) is 5.50. The molecule has 0 bridgehead atoms. The van der Waals surface area contributed by atoms with Crippen LogP contribution in [0.25, 0.3) is 0 Å². The number of pyridine rings is 1. The first-order chi connectivity index (χ1) is 16.0. The molecule has 0 saturated heterocycles. The van der Waals surface area contributed by atoms with Crippen LogP contribution in [0.15, 0.2) is 61.4 Å². The lowest BCUT2D eigenvalue weighted by atomic mass is 9.92. The quantitative estimate of drug-likeness (QED) is 0.242. The van der Waals surface area contributed by atoms with Gasteiger partial charge in [0, 0.05) is 29.9 Å². The molecule has 5 nitrogen and oxygen atoms in total. The molecule has 0 aliphatic carbocycles. The molecule has 0 saturated carbocycles. The number of halogens is 3. The summed E-state index contributed by atoms with van der Waals surface area (Å²) in [6.45, 7) is 4.11. The van der Waals surface area contributed by atoms with E-state index in [0.29, 0.717) is 34.8 Å². The number of methoxy groups -OCH3 is 1. The molecule has 3 aromatic rings. The summed E-state index contributed by atoms with van der Waals surface area (Å²) in [5, 5.41) is 0.502. The van der Waals surface area contributed by atoms with E-state index >= 15 is 0 Å². The van der Waals surface area contributed by atoms with E-state index in [1.54, 1.807) is 30.3 Å². The van der Waals surface area contributed by atoms with Crippen LogP contribution in [0.2, 0.25) is 10.0 Å². The Bertz CT molecular complexity index is 1100. The highest BCUT2D eigenvalue weighted by Gasteiger charge is 2.27. The fourth-order valence-electron chi connectivity index (χ4n) is 3.33. The molecule has 172 valence electrons. The van der Waals surface area contributed by atoms with Crippen LogP contribution in [0, 0.1) is 5.82 Å². The highest BCUT2D eigenvalue weighted by atomic mass is 35.5. The number of rotatable bonds is 11. The summed E-state index contributed by atoms with van der Waals surface area (Å²) in [4.78, 5) is 16.2. The first-order valence-electron chi connectivity index (χ1n) is 10.1. The molecule has 2 aromatic carbocycles. The summed E-state index contributed by atoms with van der Waals surface area (Å²) in [5.74, 6) is -0.0870. The van der Waals surface area contributed by atoms with E-state index in [1.165, 1.54) is 31.6 Å². The number of aldehydes is 1. The van der Waals surface area contributed by atoms with Crippen molar-refractivity contribution in [1.29, 1.82) is 0 Å². The molecule has 0 radical (unpaired) electrons. The Kier molecular flexibility index (Phi) is 8.69. The predicted octanol–water partition coefficient (Wildman–Crippen LogP) is 6.05. The molecular formula is C25H22Cl2FNO4. The Hall–Kier alpha value is -3.09. The number of carbonyl (C=O) groups excluding carboxylic acids is 1. The number of hydrogen-bond donors (Lipinski definition) is 0. The smallest absolute Gasteiger partial charge is 0.204 e. The normalized spacial score (nSPS) is 11.5. The summed E-state index contributed by atoms with van der Waals surface area (Å²) in [5.41, 5.74) is 1.80. The molecule has 8 heteroatoms. The van der Waals surface area contributed by atoms with Crippen molar-refractivity contribution in [3.05, 3.63) is 94.0 Å². The minimum Gasteiger partial charge on any atom is -0.493 e. The van der Waals surface area contributed by atoms with Crippen LogP contribution in [0.5, 0.6) is 17.2 Å². The van der Waals surface area contributed by atoms with Gasteiger partial charge in [-0.25, -0.2) is 4.39 Å². The molecule has 0 amide bonds. The third kappa shape index (κ3) is 5.83. The van der Waals surface area contributed by atoms with Gasteiger partial charge in [0.1, 0.15) is 18.7 Å². The standard InChI is InChI=1S/C25H22Cl2FNO4/c1-3-11-32-25-22(31-2)9-8-18(19(15-30)23-20(26)13-29-14-21(23)27)24(25)33-12-10-16-4-6-17(28)7-5-16/h3-9,13-15,19H,1,10-12H2,2H3. The molecule has 0 aliphatic rings. The first kappa shape index (κ1) is 24.6. The van der Waals surface area contributed by atoms with Gasteiger partial charge >= 0.3 is 0 Å². The van der Waals surface area contributed by atoms with Crippen LogP contribution in [-0.2, 0) is 11.2 Å². The Morgan fingerprint density at radius 2 is 1.76 bits per heavy atom. The zero-order chi connectivity index (χ0) is 23.8. The van der Waals surface area contributed by atoms with Crippen molar-refractivity contribution in [2.45, 2.75) is 12.3 Å². The number of benzene rings is 2. The molecule has 0 aliphatic heterocycles. The molecule has 1 heterocycles. The summed E-state index contributed by atoms with van der Waals surface area (Å²) < 4.78 is 30.6.